The molecule has 4 heteroatoms. The Kier molecular flexibility index (Phi) is 1.33. The largest absolute Gasteiger partial charge is 0.503 e. The van der Waals surface area contributed by atoms with Crippen molar-refractivity contribution in [1.82, 2.24) is 5.48 Å². The molecule has 12 heavy (non-hydrogen) atoms. The van der Waals surface area contributed by atoms with Gasteiger partial charge in [0.15, 0.2) is 11.5 Å². The molecular formula is C8H7NO3. The standard InChI is InChI=1S/C8H7NO3/c10-7-5-3-1-2-4-6(5)12-9-8(7)11/h1-4,9-11H. The summed E-state index contributed by atoms with van der Waals surface area (Å²) in [7, 11) is 0. The summed E-state index contributed by atoms with van der Waals surface area (Å²) in [5.41, 5.74) is 2.65. The van der Waals surface area contributed by atoms with Crippen LogP contribution < -0.4 is 10.3 Å². The van der Waals surface area contributed by atoms with Crippen molar-refractivity contribution in [3.05, 3.63) is 35.7 Å². The Balaban J connectivity index is 2.59. The predicted molar refractivity (Wildman–Crippen MR) is 42.4 cm³/mol. The quantitative estimate of drug-likeness (QED) is 0.542. The Labute approximate surface area is 68.7 Å². The van der Waals surface area contributed by atoms with E-state index in [9.17, 15) is 5.11 Å². The van der Waals surface area contributed by atoms with Crippen molar-refractivity contribution >= 4 is 5.76 Å². The minimum Gasteiger partial charge on any atom is -0.503 e. The molecule has 0 radical (unpaired) electrons. The number of benzene rings is 1. The maximum absolute atomic E-state index is 9.32. The Morgan fingerprint density at radius 1 is 1.17 bits per heavy atom. The molecule has 0 bridgehead atoms. The number of hydrogen-bond acceptors (Lipinski definition) is 4. The SMILES string of the molecule is OC1=C(O)c2ccccc2ON1. The second-order valence-electron chi connectivity index (χ2n) is 2.40. The van der Waals surface area contributed by atoms with Gasteiger partial charge in [-0.2, -0.15) is 5.48 Å². The average molecular weight is 165 g/mol. The van der Waals surface area contributed by atoms with E-state index >= 15 is 0 Å². The molecule has 1 aliphatic rings. The molecule has 1 heterocycles. The molecule has 0 saturated carbocycles. The number of aliphatic hydroxyl groups excluding tert-OH is 2. The summed E-state index contributed by atoms with van der Waals surface area (Å²) in [5.74, 6) is -0.0710. The van der Waals surface area contributed by atoms with E-state index < -0.39 is 0 Å². The molecule has 0 unspecified atom stereocenters. The van der Waals surface area contributed by atoms with E-state index in [1.165, 1.54) is 0 Å². The fraction of sp³-hybridized carbons (Fsp3) is 0. The molecule has 0 spiro atoms. The van der Waals surface area contributed by atoms with Crippen molar-refractivity contribution in [2.24, 2.45) is 0 Å². The van der Waals surface area contributed by atoms with Gasteiger partial charge in [0.05, 0.1) is 5.56 Å². The van der Waals surface area contributed by atoms with Crippen molar-refractivity contribution in [2.75, 3.05) is 0 Å². The Morgan fingerprint density at radius 3 is 2.75 bits per heavy atom. The van der Waals surface area contributed by atoms with Gasteiger partial charge in [-0.1, -0.05) is 12.1 Å². The average Bonchev–Trinajstić information content (AvgIpc) is 2.12. The molecule has 0 aliphatic carbocycles. The van der Waals surface area contributed by atoms with E-state index in [1.54, 1.807) is 24.3 Å². The minimum absolute atomic E-state index is 0.197. The molecule has 1 aromatic rings. The molecule has 0 aromatic heterocycles. The molecule has 0 saturated heterocycles. The number of hydrogen-bond donors (Lipinski definition) is 3. The third kappa shape index (κ3) is 0.852. The second kappa shape index (κ2) is 2.34. The third-order valence-corrected chi connectivity index (χ3v) is 1.62. The molecule has 0 amide bonds. The van der Waals surface area contributed by atoms with Gasteiger partial charge in [0.1, 0.15) is 0 Å². The van der Waals surface area contributed by atoms with Crippen LogP contribution in [-0.2, 0) is 0 Å². The first-order valence-electron chi connectivity index (χ1n) is 3.43. The van der Waals surface area contributed by atoms with E-state index in [-0.39, 0.29) is 11.6 Å². The van der Waals surface area contributed by atoms with Crippen LogP contribution in [0.15, 0.2) is 30.1 Å². The zero-order valence-corrected chi connectivity index (χ0v) is 6.11. The van der Waals surface area contributed by atoms with Gasteiger partial charge in [-0.25, -0.2) is 0 Å². The normalized spacial score (nSPS) is 14.7. The molecular weight excluding hydrogens is 158 g/mol. The van der Waals surface area contributed by atoms with Crippen molar-refractivity contribution in [1.29, 1.82) is 0 Å². The van der Waals surface area contributed by atoms with Crippen LogP contribution in [0.3, 0.4) is 0 Å². The zero-order valence-electron chi connectivity index (χ0n) is 6.11. The van der Waals surface area contributed by atoms with Gasteiger partial charge in [-0.3, -0.25) is 0 Å². The topological polar surface area (TPSA) is 61.7 Å². The Hall–Kier alpha value is -1.84. The highest BCUT2D eigenvalue weighted by molar-refractivity contribution is 5.66. The van der Waals surface area contributed by atoms with E-state index in [0.29, 0.717) is 11.3 Å². The van der Waals surface area contributed by atoms with Gasteiger partial charge in [0.2, 0.25) is 0 Å². The summed E-state index contributed by atoms with van der Waals surface area (Å²) in [4.78, 5) is 4.89. The monoisotopic (exact) mass is 165 g/mol. The van der Waals surface area contributed by atoms with Gasteiger partial charge >= 0.3 is 0 Å². The smallest absolute Gasteiger partial charge is 0.262 e. The second-order valence-corrected chi connectivity index (χ2v) is 2.40. The van der Waals surface area contributed by atoms with Gasteiger partial charge in [-0.15, -0.1) is 0 Å². The highest BCUT2D eigenvalue weighted by Gasteiger charge is 2.17. The fourth-order valence-electron chi connectivity index (χ4n) is 1.03. The van der Waals surface area contributed by atoms with Gasteiger partial charge in [0.25, 0.3) is 5.88 Å². The van der Waals surface area contributed by atoms with Gasteiger partial charge in [-0.05, 0) is 12.1 Å². The minimum atomic E-state index is -0.367. The first-order chi connectivity index (χ1) is 5.79. The van der Waals surface area contributed by atoms with Crippen LogP contribution in [-0.4, -0.2) is 10.2 Å². The number of aliphatic hydroxyl groups is 2. The van der Waals surface area contributed by atoms with Gasteiger partial charge < -0.3 is 15.1 Å². The lowest BCUT2D eigenvalue weighted by Gasteiger charge is -2.16. The highest BCUT2D eigenvalue weighted by atomic mass is 16.7. The van der Waals surface area contributed by atoms with Crippen LogP contribution in [0.5, 0.6) is 5.75 Å². The molecule has 62 valence electrons. The van der Waals surface area contributed by atoms with Crippen LogP contribution >= 0.6 is 0 Å². The Bertz CT molecular complexity index is 346. The lowest BCUT2D eigenvalue weighted by molar-refractivity contribution is 0.150. The number of rotatable bonds is 0. The molecule has 1 aromatic carbocycles. The summed E-state index contributed by atoms with van der Waals surface area (Å²) in [5, 5.41) is 18.3. The van der Waals surface area contributed by atoms with E-state index in [0.717, 1.165) is 0 Å². The van der Waals surface area contributed by atoms with E-state index in [1.807, 2.05) is 0 Å². The first kappa shape index (κ1) is 6.84. The molecule has 1 aliphatic heterocycles. The number of hydroxylamine groups is 1. The van der Waals surface area contributed by atoms with Crippen LogP contribution in [0, 0.1) is 0 Å². The molecule has 3 N–H and O–H groups in total. The molecule has 0 atom stereocenters. The molecule has 4 nitrogen and oxygen atoms in total. The van der Waals surface area contributed by atoms with Crippen molar-refractivity contribution < 1.29 is 15.1 Å². The van der Waals surface area contributed by atoms with E-state index in [2.05, 4.69) is 5.48 Å². The number of nitrogens with one attached hydrogen (secondary N) is 1. The highest BCUT2D eigenvalue weighted by Crippen LogP contribution is 2.27. The summed E-state index contributed by atoms with van der Waals surface area (Å²) >= 11 is 0. The number of para-hydroxylation sites is 1. The van der Waals surface area contributed by atoms with Crippen LogP contribution in [0.1, 0.15) is 5.56 Å². The molecule has 0 fully saturated rings. The van der Waals surface area contributed by atoms with Crippen LogP contribution in [0.2, 0.25) is 0 Å². The maximum Gasteiger partial charge on any atom is 0.262 e. The lowest BCUT2D eigenvalue weighted by atomic mass is 10.1. The third-order valence-electron chi connectivity index (χ3n) is 1.62. The first-order valence-corrected chi connectivity index (χ1v) is 3.43. The lowest BCUT2D eigenvalue weighted by Crippen LogP contribution is -2.23. The van der Waals surface area contributed by atoms with Crippen LogP contribution in [0.25, 0.3) is 5.76 Å². The summed E-state index contributed by atoms with van der Waals surface area (Å²) in [6.45, 7) is 0. The maximum atomic E-state index is 9.32. The zero-order chi connectivity index (χ0) is 8.55. The Morgan fingerprint density at radius 2 is 1.92 bits per heavy atom. The van der Waals surface area contributed by atoms with Crippen LogP contribution in [0.4, 0.5) is 0 Å². The van der Waals surface area contributed by atoms with Gasteiger partial charge in [0, 0.05) is 0 Å². The summed E-state index contributed by atoms with van der Waals surface area (Å²) < 4.78 is 0. The summed E-state index contributed by atoms with van der Waals surface area (Å²) in [6.07, 6.45) is 0. The van der Waals surface area contributed by atoms with Crippen molar-refractivity contribution in [2.45, 2.75) is 0 Å². The predicted octanol–water partition coefficient (Wildman–Crippen LogP) is 1.33. The summed E-state index contributed by atoms with van der Waals surface area (Å²) in [6, 6.07) is 6.86. The molecule has 2 rings (SSSR count). The fourth-order valence-corrected chi connectivity index (χ4v) is 1.03. The van der Waals surface area contributed by atoms with E-state index in [4.69, 9.17) is 9.94 Å². The van der Waals surface area contributed by atoms with Crippen molar-refractivity contribution in [3.8, 4) is 5.75 Å². The number of fused-ring (bicyclic) bond motifs is 1. The van der Waals surface area contributed by atoms with Crippen molar-refractivity contribution in [3.63, 3.8) is 0 Å².